The number of amides is 1. The molecule has 0 aliphatic heterocycles. The Hall–Kier alpha value is -2.28. The van der Waals surface area contributed by atoms with E-state index < -0.39 is 10.8 Å². The second kappa shape index (κ2) is 5.79. The van der Waals surface area contributed by atoms with Gasteiger partial charge >= 0.3 is 0 Å². The molecule has 0 atom stereocenters. The Kier molecular flexibility index (Phi) is 4.09. The Labute approximate surface area is 123 Å². The van der Waals surface area contributed by atoms with Gasteiger partial charge in [-0.05, 0) is 40.5 Å². The first-order valence-electron chi connectivity index (χ1n) is 5.65. The Bertz CT molecular complexity index is 671. The van der Waals surface area contributed by atoms with Crippen molar-refractivity contribution in [2.24, 2.45) is 0 Å². The van der Waals surface area contributed by atoms with Gasteiger partial charge < -0.3 is 5.32 Å². The summed E-state index contributed by atoms with van der Waals surface area (Å²) in [6, 6.07) is 7.55. The van der Waals surface area contributed by atoms with E-state index in [-0.39, 0.29) is 11.3 Å². The monoisotopic (exact) mass is 335 g/mol. The number of pyridine rings is 1. The van der Waals surface area contributed by atoms with Gasteiger partial charge in [-0.1, -0.05) is 6.07 Å². The van der Waals surface area contributed by atoms with Crippen LogP contribution in [-0.4, -0.2) is 15.8 Å². The number of benzene rings is 1. The van der Waals surface area contributed by atoms with Gasteiger partial charge in [0.15, 0.2) is 0 Å². The largest absolute Gasteiger partial charge is 0.321 e. The van der Waals surface area contributed by atoms with E-state index in [1.165, 1.54) is 18.3 Å². The molecule has 0 bridgehead atoms. The van der Waals surface area contributed by atoms with Crippen molar-refractivity contribution in [3.8, 4) is 0 Å². The topological polar surface area (TPSA) is 85.1 Å². The summed E-state index contributed by atoms with van der Waals surface area (Å²) >= 11 is 3.19. The van der Waals surface area contributed by atoms with Gasteiger partial charge in [-0.25, -0.2) is 4.98 Å². The highest BCUT2D eigenvalue weighted by atomic mass is 79.9. The zero-order valence-corrected chi connectivity index (χ0v) is 12.0. The second-order valence-corrected chi connectivity index (χ2v) is 4.89. The maximum Gasteiger partial charge on any atom is 0.270 e. The number of aromatic nitrogens is 1. The molecule has 0 aliphatic rings. The summed E-state index contributed by atoms with van der Waals surface area (Å²) in [4.78, 5) is 26.3. The van der Waals surface area contributed by atoms with Crippen LogP contribution in [0.15, 0.2) is 41.1 Å². The van der Waals surface area contributed by atoms with Crippen LogP contribution < -0.4 is 5.32 Å². The molecule has 0 radical (unpaired) electrons. The molecular weight excluding hydrogens is 326 g/mol. The van der Waals surface area contributed by atoms with Gasteiger partial charge in [0, 0.05) is 17.7 Å². The standard InChI is InChI=1S/C13H10BrN3O3/c1-8-2-4-10(17(19)20)6-11(8)13(18)16-9-3-5-12(14)15-7-9/h2-7H,1H3,(H,16,18). The summed E-state index contributed by atoms with van der Waals surface area (Å²) in [6.07, 6.45) is 1.49. The number of nitro groups is 1. The summed E-state index contributed by atoms with van der Waals surface area (Å²) in [5.74, 6) is -0.407. The Morgan fingerprint density at radius 1 is 1.35 bits per heavy atom. The summed E-state index contributed by atoms with van der Waals surface area (Å²) in [6.45, 7) is 1.72. The van der Waals surface area contributed by atoms with Crippen molar-refractivity contribution in [1.29, 1.82) is 0 Å². The molecule has 102 valence electrons. The quantitative estimate of drug-likeness (QED) is 0.529. The van der Waals surface area contributed by atoms with E-state index >= 15 is 0 Å². The van der Waals surface area contributed by atoms with Crippen LogP contribution in [0.5, 0.6) is 0 Å². The molecule has 0 spiro atoms. The molecule has 1 aromatic heterocycles. The predicted molar refractivity (Wildman–Crippen MR) is 77.7 cm³/mol. The molecule has 20 heavy (non-hydrogen) atoms. The van der Waals surface area contributed by atoms with Crippen LogP contribution in [0.1, 0.15) is 15.9 Å². The van der Waals surface area contributed by atoms with Crippen molar-refractivity contribution in [2.75, 3.05) is 5.32 Å². The van der Waals surface area contributed by atoms with Crippen LogP contribution in [0, 0.1) is 17.0 Å². The van der Waals surface area contributed by atoms with Gasteiger partial charge in [0.2, 0.25) is 0 Å². The van der Waals surface area contributed by atoms with E-state index in [4.69, 9.17) is 0 Å². The number of nitrogens with one attached hydrogen (secondary N) is 1. The van der Waals surface area contributed by atoms with E-state index in [1.807, 2.05) is 0 Å². The predicted octanol–water partition coefficient (Wildman–Crippen LogP) is 3.31. The zero-order chi connectivity index (χ0) is 14.7. The van der Waals surface area contributed by atoms with E-state index in [1.54, 1.807) is 25.1 Å². The Morgan fingerprint density at radius 2 is 2.10 bits per heavy atom. The number of rotatable bonds is 3. The van der Waals surface area contributed by atoms with Crippen LogP contribution in [0.2, 0.25) is 0 Å². The molecule has 0 fully saturated rings. The van der Waals surface area contributed by atoms with Crippen LogP contribution in [0.4, 0.5) is 11.4 Å². The normalized spacial score (nSPS) is 10.1. The molecule has 1 aromatic carbocycles. The number of carbonyl (C=O) groups is 1. The summed E-state index contributed by atoms with van der Waals surface area (Å²) < 4.78 is 0.655. The number of hydrogen-bond donors (Lipinski definition) is 1. The average molecular weight is 336 g/mol. The fourth-order valence-corrected chi connectivity index (χ4v) is 1.85. The fraction of sp³-hybridized carbons (Fsp3) is 0.0769. The maximum atomic E-state index is 12.1. The minimum absolute atomic E-state index is 0.116. The van der Waals surface area contributed by atoms with Gasteiger partial charge in [0.05, 0.1) is 16.8 Å². The molecule has 0 saturated carbocycles. The molecule has 1 heterocycles. The SMILES string of the molecule is Cc1ccc([N+](=O)[O-])cc1C(=O)Nc1ccc(Br)nc1. The van der Waals surface area contributed by atoms with Crippen LogP contribution in [0.25, 0.3) is 0 Å². The van der Waals surface area contributed by atoms with Crippen LogP contribution >= 0.6 is 15.9 Å². The number of carbonyl (C=O) groups excluding carboxylic acids is 1. The smallest absolute Gasteiger partial charge is 0.270 e. The van der Waals surface area contributed by atoms with Crippen molar-refractivity contribution in [1.82, 2.24) is 4.98 Å². The first kappa shape index (κ1) is 14.1. The third kappa shape index (κ3) is 3.18. The van der Waals surface area contributed by atoms with Gasteiger partial charge in [-0.3, -0.25) is 14.9 Å². The zero-order valence-electron chi connectivity index (χ0n) is 10.5. The van der Waals surface area contributed by atoms with Gasteiger partial charge in [-0.15, -0.1) is 0 Å². The molecule has 0 aliphatic carbocycles. The highest BCUT2D eigenvalue weighted by Crippen LogP contribution is 2.19. The summed E-state index contributed by atoms with van der Waals surface area (Å²) in [5, 5.41) is 13.4. The molecule has 2 rings (SSSR count). The number of non-ortho nitro benzene ring substituents is 1. The Balaban J connectivity index is 2.26. The average Bonchev–Trinajstić information content (AvgIpc) is 2.41. The molecule has 0 saturated heterocycles. The highest BCUT2D eigenvalue weighted by Gasteiger charge is 2.14. The lowest BCUT2D eigenvalue weighted by atomic mass is 10.1. The molecule has 1 amide bonds. The van der Waals surface area contributed by atoms with Crippen molar-refractivity contribution >= 4 is 33.2 Å². The number of nitrogens with zero attached hydrogens (tertiary/aromatic N) is 2. The molecule has 1 N–H and O–H groups in total. The maximum absolute atomic E-state index is 12.1. The minimum atomic E-state index is -0.530. The third-order valence-corrected chi connectivity index (χ3v) is 3.13. The molecule has 7 heteroatoms. The van der Waals surface area contributed by atoms with E-state index in [0.717, 1.165) is 0 Å². The molecule has 2 aromatic rings. The van der Waals surface area contributed by atoms with Crippen molar-refractivity contribution in [2.45, 2.75) is 6.92 Å². The first-order valence-corrected chi connectivity index (χ1v) is 6.44. The van der Waals surface area contributed by atoms with Crippen molar-refractivity contribution in [3.63, 3.8) is 0 Å². The number of hydrogen-bond acceptors (Lipinski definition) is 4. The van der Waals surface area contributed by atoms with E-state index in [2.05, 4.69) is 26.2 Å². The lowest BCUT2D eigenvalue weighted by Crippen LogP contribution is -2.13. The third-order valence-electron chi connectivity index (χ3n) is 2.66. The van der Waals surface area contributed by atoms with Gasteiger partial charge in [0.1, 0.15) is 4.60 Å². The number of halogens is 1. The first-order chi connectivity index (χ1) is 9.47. The fourth-order valence-electron chi connectivity index (χ4n) is 1.62. The summed E-state index contributed by atoms with van der Waals surface area (Å²) in [5.41, 5.74) is 1.33. The highest BCUT2D eigenvalue weighted by molar-refractivity contribution is 9.10. The van der Waals surface area contributed by atoms with Gasteiger partial charge in [-0.2, -0.15) is 0 Å². The lowest BCUT2D eigenvalue weighted by Gasteiger charge is -2.07. The summed E-state index contributed by atoms with van der Waals surface area (Å²) in [7, 11) is 0. The Morgan fingerprint density at radius 3 is 2.70 bits per heavy atom. The van der Waals surface area contributed by atoms with Crippen molar-refractivity contribution < 1.29 is 9.72 Å². The van der Waals surface area contributed by atoms with E-state index in [0.29, 0.717) is 15.9 Å². The number of nitro benzene ring substituents is 1. The van der Waals surface area contributed by atoms with Crippen molar-refractivity contribution in [3.05, 3.63) is 62.4 Å². The van der Waals surface area contributed by atoms with E-state index in [9.17, 15) is 14.9 Å². The number of anilines is 1. The molecule has 0 unspecified atom stereocenters. The van der Waals surface area contributed by atoms with Crippen LogP contribution in [0.3, 0.4) is 0 Å². The second-order valence-electron chi connectivity index (χ2n) is 4.08. The number of aryl methyl sites for hydroxylation is 1. The van der Waals surface area contributed by atoms with Crippen LogP contribution in [-0.2, 0) is 0 Å². The van der Waals surface area contributed by atoms with Gasteiger partial charge in [0.25, 0.3) is 11.6 Å². The molecular formula is C13H10BrN3O3. The minimum Gasteiger partial charge on any atom is -0.321 e. The lowest BCUT2D eigenvalue weighted by molar-refractivity contribution is -0.384. The molecule has 6 nitrogen and oxygen atoms in total.